The van der Waals surface area contributed by atoms with Crippen LogP contribution in [0.15, 0.2) is 97.1 Å². The third-order valence-electron chi connectivity index (χ3n) is 13.0. The first-order chi connectivity index (χ1) is 31.9. The molecule has 66 heavy (non-hydrogen) atoms. The van der Waals surface area contributed by atoms with Crippen LogP contribution in [0.2, 0.25) is 0 Å². The van der Waals surface area contributed by atoms with Crippen molar-refractivity contribution >= 4 is 0 Å². The summed E-state index contributed by atoms with van der Waals surface area (Å²) >= 11 is 0. The lowest BCUT2D eigenvalue weighted by atomic mass is 9.92. The first-order valence-corrected chi connectivity index (χ1v) is 23.3. The Kier molecular flexibility index (Phi) is 15.3. The lowest BCUT2D eigenvalue weighted by Crippen LogP contribution is -2.29. The van der Waals surface area contributed by atoms with Crippen LogP contribution >= 0.6 is 0 Å². The third-order valence-corrected chi connectivity index (χ3v) is 13.0. The first-order valence-electron chi connectivity index (χ1n) is 23.3. The highest BCUT2D eigenvalue weighted by atomic mass is 19.1. The Hall–Kier alpha value is -5.84. The van der Waals surface area contributed by atoms with E-state index in [0.717, 1.165) is 133 Å². The second-order valence-electron chi connectivity index (χ2n) is 18.0. The normalized spacial score (nSPS) is 14.6. The van der Waals surface area contributed by atoms with E-state index in [2.05, 4.69) is 72.2 Å². The van der Waals surface area contributed by atoms with Gasteiger partial charge in [-0.2, -0.15) is 0 Å². The molecule has 2 aliphatic rings. The minimum absolute atomic E-state index is 0.0241. The van der Waals surface area contributed by atoms with Crippen molar-refractivity contribution in [3.8, 4) is 34.1 Å². The molecule has 10 heteroatoms. The van der Waals surface area contributed by atoms with E-state index < -0.39 is 23.3 Å². The highest BCUT2D eigenvalue weighted by molar-refractivity contribution is 5.72. The highest BCUT2D eigenvalue weighted by Gasteiger charge is 2.20. The second kappa shape index (κ2) is 21.6. The lowest BCUT2D eigenvalue weighted by Gasteiger charge is -2.27. The van der Waals surface area contributed by atoms with Gasteiger partial charge in [0.25, 0.3) is 0 Å². The Bertz CT molecular complexity index is 2420. The van der Waals surface area contributed by atoms with Crippen LogP contribution in [0.5, 0.6) is 23.0 Å². The largest absolute Gasteiger partial charge is 0.488 e. The van der Waals surface area contributed by atoms with E-state index in [4.69, 9.17) is 18.9 Å². The summed E-state index contributed by atoms with van der Waals surface area (Å²) < 4.78 is 81.9. The van der Waals surface area contributed by atoms with Crippen LogP contribution < -0.4 is 18.9 Å². The number of rotatable bonds is 17. The fourth-order valence-electron chi connectivity index (χ4n) is 9.29. The Morgan fingerprint density at radius 1 is 0.394 bits per heavy atom. The average Bonchev–Trinajstić information content (AvgIpc) is 3.29. The number of aryl methyl sites for hydroxylation is 2. The summed E-state index contributed by atoms with van der Waals surface area (Å²) in [6, 6.07) is 27.5. The van der Waals surface area contributed by atoms with Crippen LogP contribution in [-0.4, -0.2) is 36.0 Å². The van der Waals surface area contributed by atoms with Gasteiger partial charge in [0, 0.05) is 48.5 Å². The van der Waals surface area contributed by atoms with Gasteiger partial charge in [0.1, 0.15) is 72.7 Å². The molecule has 6 aromatic carbocycles. The Balaban J connectivity index is 0.987. The van der Waals surface area contributed by atoms with Crippen LogP contribution in [0.3, 0.4) is 0 Å². The molecular formula is C56H60F4N2O4. The number of hydrogen-bond acceptors (Lipinski definition) is 6. The summed E-state index contributed by atoms with van der Waals surface area (Å²) in [6.45, 7) is 14.5. The number of piperidine rings is 2. The Morgan fingerprint density at radius 3 is 1.14 bits per heavy atom. The van der Waals surface area contributed by atoms with Crippen LogP contribution in [0.1, 0.15) is 94.2 Å². The van der Waals surface area contributed by atoms with Crippen molar-refractivity contribution in [2.24, 2.45) is 0 Å². The molecule has 0 unspecified atom stereocenters. The van der Waals surface area contributed by atoms with E-state index in [1.54, 1.807) is 0 Å². The summed E-state index contributed by atoms with van der Waals surface area (Å²) in [5.41, 5.74) is 11.3. The molecule has 6 nitrogen and oxygen atoms in total. The molecule has 6 aromatic rings. The Labute approximate surface area is 387 Å². The maximum atomic E-state index is 14.1. The molecule has 0 radical (unpaired) electrons. The van der Waals surface area contributed by atoms with Gasteiger partial charge < -0.3 is 18.9 Å². The van der Waals surface area contributed by atoms with Gasteiger partial charge in [-0.25, -0.2) is 17.6 Å². The molecule has 2 aliphatic heterocycles. The molecule has 8 rings (SSSR count). The number of ether oxygens (including phenoxy) is 4. The summed E-state index contributed by atoms with van der Waals surface area (Å²) in [5, 5.41) is 0. The molecular weight excluding hydrogens is 841 g/mol. The summed E-state index contributed by atoms with van der Waals surface area (Å²) in [6.07, 6.45) is 7.10. The summed E-state index contributed by atoms with van der Waals surface area (Å²) in [5.74, 6) is 0.103. The van der Waals surface area contributed by atoms with Crippen molar-refractivity contribution in [3.63, 3.8) is 0 Å². The maximum Gasteiger partial charge on any atom is 0.128 e. The fourth-order valence-corrected chi connectivity index (χ4v) is 9.29. The quantitative estimate of drug-likeness (QED) is 0.0850. The average molecular weight is 901 g/mol. The molecule has 0 amide bonds. The van der Waals surface area contributed by atoms with Crippen LogP contribution in [0, 0.1) is 51.0 Å². The highest BCUT2D eigenvalue weighted by Crippen LogP contribution is 2.36. The Morgan fingerprint density at radius 2 is 0.758 bits per heavy atom. The van der Waals surface area contributed by atoms with Crippen molar-refractivity contribution < 1.29 is 36.5 Å². The van der Waals surface area contributed by atoms with Gasteiger partial charge in [0.15, 0.2) is 0 Å². The summed E-state index contributed by atoms with van der Waals surface area (Å²) in [4.78, 5) is 4.85. The molecule has 2 saturated heterocycles. The molecule has 0 aliphatic carbocycles. The van der Waals surface area contributed by atoms with Gasteiger partial charge in [-0.15, -0.1) is 0 Å². The minimum atomic E-state index is -0.636. The fraction of sp³-hybridized carbons (Fsp3) is 0.357. The van der Waals surface area contributed by atoms with Crippen molar-refractivity contribution in [2.75, 3.05) is 26.2 Å². The van der Waals surface area contributed by atoms with Gasteiger partial charge in [-0.3, -0.25) is 9.80 Å². The molecule has 0 bridgehead atoms. The number of nitrogens with zero attached hydrogens (tertiary/aromatic N) is 2. The SMILES string of the molecule is Cc1cc(CN2CCCCC2)c(OCc2cc(F)cc(F)c2)cc1OCc1cccc(-c2cccc(COc3cc(OCc4cc(F)cc(F)c4)c(CN4CCCCC4)cc3C)c2C)c1C. The topological polar surface area (TPSA) is 43.4 Å². The number of likely N-dealkylation sites (tertiary alicyclic amines) is 2. The predicted molar refractivity (Wildman–Crippen MR) is 252 cm³/mol. The van der Waals surface area contributed by atoms with E-state index in [-0.39, 0.29) is 13.2 Å². The van der Waals surface area contributed by atoms with Crippen LogP contribution in [-0.2, 0) is 39.5 Å². The second-order valence-corrected chi connectivity index (χ2v) is 18.0. The van der Waals surface area contributed by atoms with Crippen LogP contribution in [0.4, 0.5) is 17.6 Å². The van der Waals surface area contributed by atoms with E-state index in [0.29, 0.717) is 47.3 Å². The molecule has 0 aromatic heterocycles. The molecule has 0 saturated carbocycles. The van der Waals surface area contributed by atoms with Gasteiger partial charge in [-0.1, -0.05) is 49.2 Å². The van der Waals surface area contributed by atoms with E-state index in [1.807, 2.05) is 26.0 Å². The first kappa shape index (κ1) is 46.7. The van der Waals surface area contributed by atoms with Crippen molar-refractivity contribution in [2.45, 2.75) is 106 Å². The number of hydrogen-bond donors (Lipinski definition) is 0. The zero-order valence-electron chi connectivity index (χ0n) is 38.6. The molecule has 0 spiro atoms. The molecule has 0 N–H and O–H groups in total. The monoisotopic (exact) mass is 900 g/mol. The van der Waals surface area contributed by atoms with Crippen molar-refractivity contribution in [1.29, 1.82) is 0 Å². The van der Waals surface area contributed by atoms with E-state index >= 15 is 0 Å². The molecule has 346 valence electrons. The van der Waals surface area contributed by atoms with Crippen molar-refractivity contribution in [1.82, 2.24) is 9.80 Å². The predicted octanol–water partition coefficient (Wildman–Crippen LogP) is 13.4. The lowest BCUT2D eigenvalue weighted by molar-refractivity contribution is 0.214. The standard InChI is InChI=1S/C56H60F4N2O4/c1-37-21-45(31-61-17-7-5-8-18-61)55(63-33-41-23-47(57)27-48(58)24-41)29-53(37)65-35-43-13-11-15-51(39(43)3)52-16-12-14-44(40(52)4)36-66-54-30-56(64-34-42-25-49(59)28-50(60)26-42)46(22-38(54)2)32-62-19-9-6-10-20-62/h11-16,21-30H,5-10,17-20,31-36H2,1-4H3. The zero-order valence-corrected chi connectivity index (χ0v) is 38.6. The van der Waals surface area contributed by atoms with Gasteiger partial charge in [0.2, 0.25) is 0 Å². The molecule has 2 heterocycles. The van der Waals surface area contributed by atoms with Gasteiger partial charge >= 0.3 is 0 Å². The zero-order chi connectivity index (χ0) is 46.2. The minimum Gasteiger partial charge on any atom is -0.488 e. The molecule has 2 fully saturated rings. The smallest absolute Gasteiger partial charge is 0.128 e. The number of benzene rings is 6. The van der Waals surface area contributed by atoms with E-state index in [1.165, 1.54) is 37.1 Å². The van der Waals surface area contributed by atoms with Gasteiger partial charge in [-0.05, 0) is 172 Å². The van der Waals surface area contributed by atoms with Crippen molar-refractivity contribution in [3.05, 3.63) is 176 Å². The molecule has 0 atom stereocenters. The summed E-state index contributed by atoms with van der Waals surface area (Å²) in [7, 11) is 0. The van der Waals surface area contributed by atoms with Gasteiger partial charge in [0.05, 0.1) is 0 Å². The number of halogens is 4. The van der Waals surface area contributed by atoms with Crippen LogP contribution in [0.25, 0.3) is 11.1 Å². The maximum absolute atomic E-state index is 14.1. The third kappa shape index (κ3) is 11.9. The van der Waals surface area contributed by atoms with E-state index in [9.17, 15) is 17.6 Å².